The zero-order chi connectivity index (χ0) is 13.4. The van der Waals surface area contributed by atoms with Crippen molar-refractivity contribution in [2.75, 3.05) is 0 Å². The van der Waals surface area contributed by atoms with Gasteiger partial charge in [-0.25, -0.2) is 4.98 Å². The summed E-state index contributed by atoms with van der Waals surface area (Å²) < 4.78 is 8.20. The van der Waals surface area contributed by atoms with Crippen LogP contribution in [0.4, 0.5) is 0 Å². The van der Waals surface area contributed by atoms with Gasteiger partial charge in [0.05, 0.1) is 17.2 Å². The van der Waals surface area contributed by atoms with Gasteiger partial charge in [-0.1, -0.05) is 18.5 Å². The van der Waals surface area contributed by atoms with E-state index in [4.69, 9.17) is 28.2 Å². The predicted octanol–water partition coefficient (Wildman–Crippen LogP) is 3.95. The number of aromatic nitrogens is 3. The molecule has 1 aromatic carbocycles. The molecule has 0 atom stereocenters. The molecule has 6 heteroatoms. The number of hydrogen-bond donors (Lipinski definition) is 1. The number of halogens is 1. The van der Waals surface area contributed by atoms with Crippen LogP contribution in [-0.2, 0) is 13.0 Å². The van der Waals surface area contributed by atoms with E-state index in [2.05, 4.69) is 9.97 Å². The summed E-state index contributed by atoms with van der Waals surface area (Å²) >= 11 is 11.3. The molecule has 0 fully saturated rings. The van der Waals surface area contributed by atoms with Gasteiger partial charge in [0.15, 0.2) is 4.77 Å². The number of H-pyrrole nitrogens is 1. The van der Waals surface area contributed by atoms with Gasteiger partial charge < -0.3 is 14.0 Å². The molecule has 2 aromatic heterocycles. The molecule has 98 valence electrons. The number of benzene rings is 1. The van der Waals surface area contributed by atoms with E-state index in [-0.39, 0.29) is 0 Å². The van der Waals surface area contributed by atoms with Crippen LogP contribution in [0, 0.1) is 4.77 Å². The molecule has 0 saturated carbocycles. The van der Waals surface area contributed by atoms with Gasteiger partial charge in [-0.2, -0.15) is 0 Å². The van der Waals surface area contributed by atoms with Crippen molar-refractivity contribution in [3.05, 3.63) is 45.8 Å². The minimum Gasteiger partial charge on any atom is -0.444 e. The Morgan fingerprint density at radius 1 is 1.47 bits per heavy atom. The highest BCUT2D eigenvalue weighted by atomic mass is 35.5. The van der Waals surface area contributed by atoms with Crippen molar-refractivity contribution < 1.29 is 4.42 Å². The Morgan fingerprint density at radius 3 is 3.05 bits per heavy atom. The number of nitrogens with one attached hydrogen (secondary N) is 1. The summed E-state index contributed by atoms with van der Waals surface area (Å²) in [5.74, 6) is 1.54. The van der Waals surface area contributed by atoms with Crippen LogP contribution >= 0.6 is 23.8 Å². The van der Waals surface area contributed by atoms with Crippen molar-refractivity contribution in [2.24, 2.45) is 0 Å². The van der Waals surface area contributed by atoms with Crippen LogP contribution in [0.15, 0.2) is 28.8 Å². The maximum atomic E-state index is 5.97. The number of fused-ring (bicyclic) bond motifs is 1. The topological polar surface area (TPSA) is 46.8 Å². The van der Waals surface area contributed by atoms with Gasteiger partial charge in [-0.05, 0) is 30.4 Å². The number of rotatable bonds is 3. The quantitative estimate of drug-likeness (QED) is 0.744. The normalized spacial score (nSPS) is 11.3. The molecule has 0 unspecified atom stereocenters. The predicted molar refractivity (Wildman–Crippen MR) is 77.1 cm³/mol. The van der Waals surface area contributed by atoms with E-state index in [0.29, 0.717) is 22.2 Å². The van der Waals surface area contributed by atoms with Crippen molar-refractivity contribution in [1.82, 2.24) is 14.5 Å². The van der Waals surface area contributed by atoms with Crippen LogP contribution in [-0.4, -0.2) is 14.5 Å². The van der Waals surface area contributed by atoms with E-state index in [9.17, 15) is 0 Å². The highest BCUT2D eigenvalue weighted by Crippen LogP contribution is 2.20. The average Bonchev–Trinajstić information content (AvgIpc) is 2.95. The van der Waals surface area contributed by atoms with Gasteiger partial charge in [0, 0.05) is 11.4 Å². The van der Waals surface area contributed by atoms with Crippen molar-refractivity contribution in [2.45, 2.75) is 19.9 Å². The number of aryl methyl sites for hydroxylation is 1. The lowest BCUT2D eigenvalue weighted by atomic mass is 10.3. The van der Waals surface area contributed by atoms with Gasteiger partial charge in [0.1, 0.15) is 12.3 Å². The molecular weight excluding hydrogens is 282 g/mol. The third kappa shape index (κ3) is 2.31. The van der Waals surface area contributed by atoms with Gasteiger partial charge in [0.25, 0.3) is 0 Å². The first-order valence-corrected chi connectivity index (χ1v) is 6.77. The Hall–Kier alpha value is -1.59. The Morgan fingerprint density at radius 2 is 2.32 bits per heavy atom. The molecule has 4 nitrogen and oxygen atoms in total. The molecular formula is C13H12ClN3OS. The monoisotopic (exact) mass is 293 g/mol. The number of hydrogen-bond acceptors (Lipinski definition) is 3. The second kappa shape index (κ2) is 4.83. The third-order valence-electron chi connectivity index (χ3n) is 2.98. The third-order valence-corrected chi connectivity index (χ3v) is 3.54. The highest BCUT2D eigenvalue weighted by molar-refractivity contribution is 7.71. The van der Waals surface area contributed by atoms with Crippen LogP contribution in [0.5, 0.6) is 0 Å². The zero-order valence-electron chi connectivity index (χ0n) is 10.3. The van der Waals surface area contributed by atoms with Crippen LogP contribution < -0.4 is 0 Å². The van der Waals surface area contributed by atoms with E-state index in [0.717, 1.165) is 23.2 Å². The second-order valence-electron chi connectivity index (χ2n) is 4.25. The Kier molecular flexibility index (Phi) is 3.16. The largest absolute Gasteiger partial charge is 0.444 e. The van der Waals surface area contributed by atoms with Gasteiger partial charge in [-0.15, -0.1) is 0 Å². The fraction of sp³-hybridized carbons (Fsp3) is 0.231. The number of imidazole rings is 1. The summed E-state index contributed by atoms with van der Waals surface area (Å²) in [6.45, 7) is 2.55. The first-order chi connectivity index (χ1) is 9.17. The summed E-state index contributed by atoms with van der Waals surface area (Å²) in [7, 11) is 0. The number of oxazole rings is 1. The Balaban J connectivity index is 2.05. The summed E-state index contributed by atoms with van der Waals surface area (Å²) in [5, 5.41) is 0.681. The Labute approximate surface area is 120 Å². The summed E-state index contributed by atoms with van der Waals surface area (Å²) in [6.07, 6.45) is 2.59. The van der Waals surface area contributed by atoms with Crippen LogP contribution in [0.2, 0.25) is 5.02 Å². The lowest BCUT2D eigenvalue weighted by Gasteiger charge is -2.01. The first kappa shape index (κ1) is 12.4. The average molecular weight is 294 g/mol. The molecule has 0 spiro atoms. The molecule has 3 aromatic rings. The van der Waals surface area contributed by atoms with Crippen LogP contribution in [0.1, 0.15) is 18.6 Å². The molecule has 0 bridgehead atoms. The molecule has 0 saturated heterocycles. The van der Waals surface area contributed by atoms with E-state index in [1.807, 2.05) is 29.7 Å². The number of aromatic amines is 1. The van der Waals surface area contributed by atoms with Crippen LogP contribution in [0.25, 0.3) is 11.0 Å². The number of nitrogens with zero attached hydrogens (tertiary/aromatic N) is 2. The second-order valence-corrected chi connectivity index (χ2v) is 5.07. The van der Waals surface area contributed by atoms with Gasteiger partial charge in [0.2, 0.25) is 5.89 Å². The first-order valence-electron chi connectivity index (χ1n) is 5.99. The van der Waals surface area contributed by atoms with E-state index in [1.165, 1.54) is 0 Å². The van der Waals surface area contributed by atoms with Gasteiger partial charge in [-0.3, -0.25) is 0 Å². The molecule has 0 aliphatic carbocycles. The van der Waals surface area contributed by atoms with Crippen molar-refractivity contribution in [1.29, 1.82) is 0 Å². The van der Waals surface area contributed by atoms with E-state index in [1.54, 1.807) is 6.20 Å². The minimum atomic E-state index is 0.514. The standard InChI is InChI=1S/C13H12ClN3OS/c1-2-9-6-15-12(18-9)7-17-11-4-3-8(14)5-10(11)16-13(17)19/h3-6H,2,7H2,1H3,(H,16,19). The van der Waals surface area contributed by atoms with Crippen molar-refractivity contribution >= 4 is 34.9 Å². The van der Waals surface area contributed by atoms with Crippen molar-refractivity contribution in [3.8, 4) is 0 Å². The SMILES string of the molecule is CCc1cnc(Cn2c(=S)[nH]c3cc(Cl)ccc32)o1. The molecule has 0 aliphatic rings. The maximum Gasteiger partial charge on any atom is 0.214 e. The maximum absolute atomic E-state index is 5.97. The van der Waals surface area contributed by atoms with Gasteiger partial charge >= 0.3 is 0 Å². The Bertz CT molecular complexity index is 787. The molecule has 19 heavy (non-hydrogen) atoms. The summed E-state index contributed by atoms with van der Waals surface area (Å²) in [6, 6.07) is 5.64. The molecule has 1 N–H and O–H groups in total. The van der Waals surface area contributed by atoms with Crippen molar-refractivity contribution in [3.63, 3.8) is 0 Å². The fourth-order valence-corrected chi connectivity index (χ4v) is 2.46. The molecule has 2 heterocycles. The van der Waals surface area contributed by atoms with E-state index >= 15 is 0 Å². The van der Waals surface area contributed by atoms with Crippen LogP contribution in [0.3, 0.4) is 0 Å². The summed E-state index contributed by atoms with van der Waals surface area (Å²) in [5.41, 5.74) is 1.91. The smallest absolute Gasteiger partial charge is 0.214 e. The molecule has 0 radical (unpaired) electrons. The highest BCUT2D eigenvalue weighted by Gasteiger charge is 2.09. The molecule has 0 amide bonds. The lowest BCUT2D eigenvalue weighted by molar-refractivity contribution is 0.447. The fourth-order valence-electron chi connectivity index (χ4n) is 2.01. The zero-order valence-corrected chi connectivity index (χ0v) is 11.9. The summed E-state index contributed by atoms with van der Waals surface area (Å²) in [4.78, 5) is 7.39. The minimum absolute atomic E-state index is 0.514. The van der Waals surface area contributed by atoms with E-state index < -0.39 is 0 Å². The molecule has 3 rings (SSSR count). The lowest BCUT2D eigenvalue weighted by Crippen LogP contribution is -1.99. The molecule has 0 aliphatic heterocycles.